The lowest BCUT2D eigenvalue weighted by atomic mass is 9.85. The summed E-state index contributed by atoms with van der Waals surface area (Å²) in [5, 5.41) is 9.68. The average molecular weight is 397 g/mol. The Labute approximate surface area is 166 Å². The molecule has 1 aliphatic heterocycles. The molecule has 0 spiro atoms. The van der Waals surface area contributed by atoms with Crippen LogP contribution < -0.4 is 9.47 Å². The molecule has 0 fully saturated rings. The minimum absolute atomic E-state index is 0.147. The fraction of sp³-hybridized carbons (Fsp3) is 0.545. The molecule has 0 amide bonds. The van der Waals surface area contributed by atoms with Crippen molar-refractivity contribution in [2.24, 2.45) is 5.92 Å². The third kappa shape index (κ3) is 4.49. The van der Waals surface area contributed by atoms with Crippen molar-refractivity contribution >= 4 is 22.7 Å². The van der Waals surface area contributed by atoms with Crippen LogP contribution in [0.15, 0.2) is 18.0 Å². The van der Waals surface area contributed by atoms with Gasteiger partial charge in [0.25, 0.3) is 0 Å². The molecule has 1 N–H and O–H groups in total. The fourth-order valence-electron chi connectivity index (χ4n) is 3.35. The van der Waals surface area contributed by atoms with Gasteiger partial charge in [-0.15, -0.1) is 0 Å². The maximum absolute atomic E-state index is 14.4. The van der Waals surface area contributed by atoms with Gasteiger partial charge in [-0.25, -0.2) is 4.39 Å². The molecule has 2 rings (SSSR count). The lowest BCUT2D eigenvalue weighted by molar-refractivity contribution is 0.156. The predicted octanol–water partition coefficient (Wildman–Crippen LogP) is 6.42. The van der Waals surface area contributed by atoms with Gasteiger partial charge in [-0.3, -0.25) is 0 Å². The van der Waals surface area contributed by atoms with Crippen LogP contribution in [0.5, 0.6) is 11.5 Å². The van der Waals surface area contributed by atoms with Gasteiger partial charge in [0.1, 0.15) is 22.2 Å². The Morgan fingerprint density at radius 2 is 1.93 bits per heavy atom. The maximum atomic E-state index is 14.4. The monoisotopic (exact) mass is 396 g/mol. The zero-order valence-electron chi connectivity index (χ0n) is 17.2. The minimum Gasteiger partial charge on any atom is -0.489 e. The Bertz CT molecular complexity index is 776. The predicted molar refractivity (Wildman–Crippen MR) is 110 cm³/mol. The maximum Gasteiger partial charge on any atom is 0.150 e. The van der Waals surface area contributed by atoms with Crippen molar-refractivity contribution in [2.45, 2.75) is 66.6 Å². The minimum atomic E-state index is -0.657. The smallest absolute Gasteiger partial charge is 0.150 e. The van der Waals surface area contributed by atoms with Crippen molar-refractivity contribution in [1.82, 2.24) is 0 Å². The highest BCUT2D eigenvalue weighted by Crippen LogP contribution is 2.50. The van der Waals surface area contributed by atoms with Crippen molar-refractivity contribution < 1.29 is 19.0 Å². The van der Waals surface area contributed by atoms with Crippen LogP contribution in [0.4, 0.5) is 4.39 Å². The number of benzene rings is 1. The summed E-state index contributed by atoms with van der Waals surface area (Å²) in [6.45, 7) is 13.1. The zero-order chi connectivity index (χ0) is 20.5. The summed E-state index contributed by atoms with van der Waals surface area (Å²) >= 11 is 6.74. The molecule has 0 atom stereocenters. The Kier molecular flexibility index (Phi) is 6.64. The van der Waals surface area contributed by atoms with Crippen LogP contribution in [0.2, 0.25) is 5.02 Å². The second-order valence-electron chi connectivity index (χ2n) is 7.97. The van der Waals surface area contributed by atoms with Gasteiger partial charge in [0.15, 0.2) is 5.75 Å². The summed E-state index contributed by atoms with van der Waals surface area (Å²) in [6, 6.07) is 1.88. The summed E-state index contributed by atoms with van der Waals surface area (Å²) in [6.07, 6.45) is 2.34. The third-order valence-corrected chi connectivity index (χ3v) is 4.82. The molecule has 1 aromatic carbocycles. The SMILES string of the molecule is CCC(=C(F)CO)c1cc2c(c(Cl)c1OC(C)C)OC(C)(C)C=C2C(C)C. The number of hydrogen-bond donors (Lipinski definition) is 1. The number of rotatable bonds is 6. The quantitative estimate of drug-likeness (QED) is 0.602. The summed E-state index contributed by atoms with van der Waals surface area (Å²) in [7, 11) is 0. The molecule has 1 heterocycles. The van der Waals surface area contributed by atoms with E-state index in [2.05, 4.69) is 19.9 Å². The molecule has 0 unspecified atom stereocenters. The second-order valence-corrected chi connectivity index (χ2v) is 8.34. The van der Waals surface area contributed by atoms with Gasteiger partial charge < -0.3 is 14.6 Å². The normalized spacial score (nSPS) is 16.7. The van der Waals surface area contributed by atoms with E-state index in [1.807, 2.05) is 40.7 Å². The Morgan fingerprint density at radius 3 is 2.41 bits per heavy atom. The van der Waals surface area contributed by atoms with Gasteiger partial charge in [0.05, 0.1) is 12.7 Å². The van der Waals surface area contributed by atoms with Gasteiger partial charge in [0.2, 0.25) is 0 Å². The number of ether oxygens (including phenoxy) is 2. The van der Waals surface area contributed by atoms with E-state index >= 15 is 0 Å². The molecule has 0 radical (unpaired) electrons. The van der Waals surface area contributed by atoms with Crippen molar-refractivity contribution in [1.29, 1.82) is 0 Å². The summed E-state index contributed by atoms with van der Waals surface area (Å²) in [4.78, 5) is 0. The van der Waals surface area contributed by atoms with E-state index in [4.69, 9.17) is 21.1 Å². The van der Waals surface area contributed by atoms with Crippen LogP contribution in [0.25, 0.3) is 11.1 Å². The molecule has 0 bridgehead atoms. The highest BCUT2D eigenvalue weighted by Gasteiger charge is 2.33. The molecule has 150 valence electrons. The number of aliphatic hydroxyl groups excluding tert-OH is 1. The number of aliphatic hydroxyl groups is 1. The second kappa shape index (κ2) is 8.24. The topological polar surface area (TPSA) is 38.7 Å². The van der Waals surface area contributed by atoms with Crippen molar-refractivity contribution in [2.75, 3.05) is 6.61 Å². The van der Waals surface area contributed by atoms with E-state index in [-0.39, 0.29) is 12.0 Å². The highest BCUT2D eigenvalue weighted by atomic mass is 35.5. The first-order valence-corrected chi connectivity index (χ1v) is 9.84. The first-order valence-electron chi connectivity index (χ1n) is 9.46. The van der Waals surface area contributed by atoms with Crippen molar-refractivity contribution in [3.63, 3.8) is 0 Å². The summed E-state index contributed by atoms with van der Waals surface area (Å²) in [5.41, 5.74) is 2.40. The van der Waals surface area contributed by atoms with E-state index in [0.717, 1.165) is 11.1 Å². The standard InChI is InChI=1S/C22H30ClFO3/c1-8-14(18(24)11-25)15-9-16-17(12(2)3)10-22(6,7)27-21(16)19(23)20(15)26-13(4)5/h9-10,12-13,25H,8,11H2,1-7H3. The summed E-state index contributed by atoms with van der Waals surface area (Å²) in [5.74, 6) is 0.623. The molecule has 0 aliphatic carbocycles. The van der Waals surface area contributed by atoms with Crippen molar-refractivity contribution in [3.8, 4) is 11.5 Å². The molecular weight excluding hydrogens is 367 g/mol. The molecule has 27 heavy (non-hydrogen) atoms. The number of allylic oxidation sites excluding steroid dienone is 2. The van der Waals surface area contributed by atoms with Gasteiger partial charge in [-0.05, 0) is 63.3 Å². The van der Waals surface area contributed by atoms with Gasteiger partial charge >= 0.3 is 0 Å². The number of fused-ring (bicyclic) bond motifs is 1. The van der Waals surface area contributed by atoms with E-state index < -0.39 is 18.0 Å². The lowest BCUT2D eigenvalue weighted by Crippen LogP contribution is -2.30. The zero-order valence-corrected chi connectivity index (χ0v) is 18.0. The Morgan fingerprint density at radius 1 is 1.30 bits per heavy atom. The van der Waals surface area contributed by atoms with E-state index in [1.165, 1.54) is 0 Å². The van der Waals surface area contributed by atoms with Crippen LogP contribution in [0, 0.1) is 5.92 Å². The molecule has 3 nitrogen and oxygen atoms in total. The molecule has 1 aromatic rings. The molecule has 5 heteroatoms. The van der Waals surface area contributed by atoms with Crippen LogP contribution in [-0.2, 0) is 0 Å². The van der Waals surface area contributed by atoms with Gasteiger partial charge in [-0.2, -0.15) is 0 Å². The van der Waals surface area contributed by atoms with Crippen LogP contribution in [0.3, 0.4) is 0 Å². The van der Waals surface area contributed by atoms with Crippen LogP contribution in [-0.4, -0.2) is 23.4 Å². The van der Waals surface area contributed by atoms with Gasteiger partial charge in [-0.1, -0.05) is 32.4 Å². The van der Waals surface area contributed by atoms with Gasteiger partial charge in [0, 0.05) is 11.1 Å². The molecule has 1 aliphatic rings. The number of halogens is 2. The van der Waals surface area contributed by atoms with E-state index in [9.17, 15) is 9.50 Å². The highest BCUT2D eigenvalue weighted by molar-refractivity contribution is 6.34. The van der Waals surface area contributed by atoms with E-state index in [1.54, 1.807) is 0 Å². The first-order chi connectivity index (χ1) is 12.5. The summed E-state index contributed by atoms with van der Waals surface area (Å²) < 4.78 is 26.6. The lowest BCUT2D eigenvalue weighted by Gasteiger charge is -2.34. The van der Waals surface area contributed by atoms with Crippen molar-refractivity contribution in [3.05, 3.63) is 34.1 Å². The van der Waals surface area contributed by atoms with Crippen LogP contribution >= 0.6 is 11.6 Å². The number of hydrogen-bond acceptors (Lipinski definition) is 3. The molecule has 0 saturated carbocycles. The third-order valence-electron chi connectivity index (χ3n) is 4.48. The largest absolute Gasteiger partial charge is 0.489 e. The molecular formula is C22H30ClFO3. The molecule has 0 aromatic heterocycles. The van der Waals surface area contributed by atoms with Crippen LogP contribution in [0.1, 0.15) is 66.0 Å². The fourth-order valence-corrected chi connectivity index (χ4v) is 3.64. The molecule has 0 saturated heterocycles. The first kappa shape index (κ1) is 21.8. The van der Waals surface area contributed by atoms with E-state index in [0.29, 0.717) is 34.1 Å². The average Bonchev–Trinajstić information content (AvgIpc) is 2.57. The Balaban J connectivity index is 2.87. The Hall–Kier alpha value is -1.52.